The summed E-state index contributed by atoms with van der Waals surface area (Å²) in [5, 5.41) is 3.15. The van der Waals surface area contributed by atoms with E-state index in [0.717, 1.165) is 12.8 Å². The quantitative estimate of drug-likeness (QED) is 0.642. The molecule has 1 spiro atoms. The van der Waals surface area contributed by atoms with Crippen LogP contribution in [0.25, 0.3) is 0 Å². The van der Waals surface area contributed by atoms with Crippen molar-refractivity contribution in [2.45, 2.75) is 43.8 Å². The van der Waals surface area contributed by atoms with E-state index >= 15 is 0 Å². The zero-order valence-corrected chi connectivity index (χ0v) is 7.32. The zero-order valence-electron chi connectivity index (χ0n) is 7.32. The van der Waals surface area contributed by atoms with E-state index in [1.807, 2.05) is 0 Å². The lowest BCUT2D eigenvalue weighted by Gasteiger charge is -2.38. The molecule has 2 fully saturated rings. The molecule has 2 nitrogen and oxygen atoms in total. The van der Waals surface area contributed by atoms with Gasteiger partial charge in [0.15, 0.2) is 11.5 Å². The van der Waals surface area contributed by atoms with Crippen LogP contribution in [0.4, 0.5) is 4.39 Å². The van der Waals surface area contributed by atoms with Gasteiger partial charge in [-0.2, -0.15) is 0 Å². The number of carbonyl (C=O) groups excluding carboxylic acids is 1. The average molecular weight is 171 g/mol. The van der Waals surface area contributed by atoms with Gasteiger partial charge in [-0.3, -0.25) is 4.79 Å². The number of halogens is 1. The molecule has 0 amide bonds. The lowest BCUT2D eigenvalue weighted by Crippen LogP contribution is -2.45. The summed E-state index contributed by atoms with van der Waals surface area (Å²) in [6, 6.07) is 0. The Labute approximate surface area is 71.5 Å². The van der Waals surface area contributed by atoms with Crippen molar-refractivity contribution in [2.24, 2.45) is 0 Å². The van der Waals surface area contributed by atoms with Gasteiger partial charge in [-0.1, -0.05) is 0 Å². The topological polar surface area (TPSA) is 29.1 Å². The summed E-state index contributed by atoms with van der Waals surface area (Å²) in [6.07, 6.45) is 3.63. The van der Waals surface area contributed by atoms with Gasteiger partial charge in [-0.05, 0) is 26.2 Å². The normalized spacial score (nSPS) is 38.2. The maximum Gasteiger partial charge on any atom is 0.182 e. The highest BCUT2D eigenvalue weighted by Crippen LogP contribution is 2.44. The number of rotatable bonds is 1. The van der Waals surface area contributed by atoms with Crippen LogP contribution >= 0.6 is 0 Å². The fraction of sp³-hybridized carbons (Fsp3) is 0.889. The summed E-state index contributed by atoms with van der Waals surface area (Å²) in [7, 11) is 0. The molecule has 68 valence electrons. The Morgan fingerprint density at radius 3 is 2.42 bits per heavy atom. The molecular formula is C9H14FNO. The molecule has 12 heavy (non-hydrogen) atoms. The third-order valence-electron chi connectivity index (χ3n) is 3.30. The molecule has 0 radical (unpaired) electrons. The fourth-order valence-electron chi connectivity index (χ4n) is 2.20. The molecule has 0 bridgehead atoms. The van der Waals surface area contributed by atoms with Gasteiger partial charge < -0.3 is 5.32 Å². The highest BCUT2D eigenvalue weighted by Gasteiger charge is 2.53. The molecule has 1 N–H and O–H groups in total. The Morgan fingerprint density at radius 1 is 1.50 bits per heavy atom. The number of alkyl halides is 1. The largest absolute Gasteiger partial charge is 0.307 e. The smallest absolute Gasteiger partial charge is 0.182 e. The molecular weight excluding hydrogens is 157 g/mol. The first-order valence-corrected chi connectivity index (χ1v) is 4.51. The molecule has 0 aromatic heterocycles. The van der Waals surface area contributed by atoms with E-state index in [0.29, 0.717) is 6.42 Å². The van der Waals surface area contributed by atoms with Crippen molar-refractivity contribution >= 4 is 5.78 Å². The van der Waals surface area contributed by atoms with Crippen molar-refractivity contribution in [1.82, 2.24) is 5.32 Å². The zero-order chi connectivity index (χ0) is 8.82. The number of hydrogen-bond acceptors (Lipinski definition) is 2. The predicted octanol–water partition coefficient (Wildman–Crippen LogP) is 1.20. The molecule has 0 aromatic carbocycles. The fourth-order valence-corrected chi connectivity index (χ4v) is 2.20. The Morgan fingerprint density at radius 2 is 2.17 bits per heavy atom. The van der Waals surface area contributed by atoms with Crippen LogP contribution in [0.1, 0.15) is 32.6 Å². The molecule has 2 aliphatic rings. The number of ketones is 1. The molecule has 1 aliphatic carbocycles. The first kappa shape index (κ1) is 8.17. The van der Waals surface area contributed by atoms with E-state index in [1.165, 1.54) is 13.3 Å². The number of nitrogens with one attached hydrogen (secondary N) is 1. The summed E-state index contributed by atoms with van der Waals surface area (Å²) >= 11 is 0. The van der Waals surface area contributed by atoms with Crippen molar-refractivity contribution in [3.05, 3.63) is 0 Å². The second-order valence-corrected chi connectivity index (χ2v) is 4.19. The van der Waals surface area contributed by atoms with Crippen LogP contribution in [0, 0.1) is 0 Å². The Hall–Kier alpha value is -0.440. The highest BCUT2D eigenvalue weighted by molar-refractivity contribution is 5.85. The summed E-state index contributed by atoms with van der Waals surface area (Å²) in [5.41, 5.74) is -1.58. The number of hydrogen-bond donors (Lipinski definition) is 1. The molecule has 1 saturated heterocycles. The van der Waals surface area contributed by atoms with Crippen molar-refractivity contribution in [3.8, 4) is 0 Å². The molecule has 1 atom stereocenters. The van der Waals surface area contributed by atoms with E-state index in [4.69, 9.17) is 0 Å². The average Bonchev–Trinajstić information content (AvgIpc) is 2.28. The molecule has 1 heterocycles. The molecule has 1 saturated carbocycles. The Bertz CT molecular complexity index is 225. The summed E-state index contributed by atoms with van der Waals surface area (Å²) < 4.78 is 13.7. The molecule has 1 aliphatic heterocycles. The van der Waals surface area contributed by atoms with Crippen LogP contribution in [0.3, 0.4) is 0 Å². The van der Waals surface area contributed by atoms with Crippen molar-refractivity contribution < 1.29 is 9.18 Å². The second-order valence-electron chi connectivity index (χ2n) is 4.19. The maximum absolute atomic E-state index is 13.7. The monoisotopic (exact) mass is 171 g/mol. The number of carbonyl (C=O) groups is 1. The van der Waals surface area contributed by atoms with E-state index in [9.17, 15) is 9.18 Å². The highest BCUT2D eigenvalue weighted by atomic mass is 19.1. The van der Waals surface area contributed by atoms with Gasteiger partial charge in [-0.15, -0.1) is 0 Å². The van der Waals surface area contributed by atoms with E-state index < -0.39 is 5.67 Å². The summed E-state index contributed by atoms with van der Waals surface area (Å²) in [6.45, 7) is 1.57. The van der Waals surface area contributed by atoms with E-state index in [1.54, 1.807) is 0 Å². The lowest BCUT2D eigenvalue weighted by molar-refractivity contribution is -0.127. The van der Waals surface area contributed by atoms with Gasteiger partial charge >= 0.3 is 0 Å². The maximum atomic E-state index is 13.7. The van der Waals surface area contributed by atoms with Crippen LogP contribution in [0.2, 0.25) is 0 Å². The van der Waals surface area contributed by atoms with Gasteiger partial charge in [0.1, 0.15) is 0 Å². The summed E-state index contributed by atoms with van der Waals surface area (Å²) in [4.78, 5) is 11.0. The van der Waals surface area contributed by atoms with Crippen molar-refractivity contribution in [3.63, 3.8) is 0 Å². The minimum Gasteiger partial charge on any atom is -0.307 e. The van der Waals surface area contributed by atoms with Crippen molar-refractivity contribution in [1.29, 1.82) is 0 Å². The van der Waals surface area contributed by atoms with Crippen molar-refractivity contribution in [2.75, 3.05) is 6.54 Å². The van der Waals surface area contributed by atoms with Gasteiger partial charge in [0.2, 0.25) is 0 Å². The first-order chi connectivity index (χ1) is 5.56. The van der Waals surface area contributed by atoms with E-state index in [-0.39, 0.29) is 17.9 Å². The molecule has 2 rings (SSSR count). The van der Waals surface area contributed by atoms with Gasteiger partial charge in [-0.25, -0.2) is 4.39 Å². The Balaban J connectivity index is 2.10. The number of Topliss-reactive ketones (excluding diaryl/α,β-unsaturated/α-hetero) is 1. The van der Waals surface area contributed by atoms with Gasteiger partial charge in [0, 0.05) is 18.5 Å². The molecule has 0 aromatic rings. The van der Waals surface area contributed by atoms with Crippen LogP contribution in [-0.4, -0.2) is 23.5 Å². The van der Waals surface area contributed by atoms with E-state index in [2.05, 4.69) is 5.32 Å². The minimum atomic E-state index is -1.57. The predicted molar refractivity (Wildman–Crippen MR) is 43.7 cm³/mol. The SMILES string of the molecule is CC(=O)[C@@]1(F)CNC2(CCC2)C1. The van der Waals surface area contributed by atoms with Crippen LogP contribution in [0.15, 0.2) is 0 Å². The van der Waals surface area contributed by atoms with Gasteiger partial charge in [0.05, 0.1) is 0 Å². The van der Waals surface area contributed by atoms with Crippen LogP contribution in [-0.2, 0) is 4.79 Å². The van der Waals surface area contributed by atoms with Gasteiger partial charge in [0.25, 0.3) is 0 Å². The third-order valence-corrected chi connectivity index (χ3v) is 3.30. The minimum absolute atomic E-state index is 0.0135. The standard InChI is InChI=1S/C9H14FNO/c1-7(12)9(10)5-8(11-6-9)3-2-4-8/h11H,2-6H2,1H3/t9-/m0/s1. The first-order valence-electron chi connectivity index (χ1n) is 4.51. The molecule has 3 heteroatoms. The Kier molecular flexibility index (Phi) is 1.55. The molecule has 0 unspecified atom stereocenters. The van der Waals surface area contributed by atoms with Crippen LogP contribution in [0.5, 0.6) is 0 Å². The van der Waals surface area contributed by atoms with Crippen LogP contribution < -0.4 is 5.32 Å². The summed E-state index contributed by atoms with van der Waals surface area (Å²) in [5.74, 6) is -0.321. The second kappa shape index (κ2) is 2.28. The lowest BCUT2D eigenvalue weighted by atomic mass is 9.73. The third kappa shape index (κ3) is 0.993.